The van der Waals surface area contributed by atoms with Crippen LogP contribution in [-0.4, -0.2) is 42.5 Å². The first-order chi connectivity index (χ1) is 5.85. The van der Waals surface area contributed by atoms with Gasteiger partial charge in [-0.1, -0.05) is 6.92 Å². The van der Waals surface area contributed by atoms with Crippen molar-refractivity contribution < 1.29 is 9.84 Å². The molecule has 74 valence electrons. The van der Waals surface area contributed by atoms with E-state index >= 15 is 0 Å². The van der Waals surface area contributed by atoms with E-state index in [1.165, 1.54) is 0 Å². The third-order valence-electron chi connectivity index (χ3n) is 1.50. The number of thioether (sulfide) groups is 1. The number of hydrogen-bond donors (Lipinski definition) is 2. The van der Waals surface area contributed by atoms with Crippen LogP contribution < -0.4 is 5.73 Å². The lowest BCUT2D eigenvalue weighted by molar-refractivity contribution is 0.0325. The van der Waals surface area contributed by atoms with Crippen LogP contribution in [0.2, 0.25) is 0 Å². The fourth-order valence-electron chi connectivity index (χ4n) is 0.848. The number of hydrogen-bond acceptors (Lipinski definition) is 4. The molecular weight excluding hydrogens is 174 g/mol. The highest BCUT2D eigenvalue weighted by atomic mass is 32.2. The molecule has 0 aromatic rings. The van der Waals surface area contributed by atoms with E-state index in [2.05, 4.69) is 6.92 Å². The van der Waals surface area contributed by atoms with E-state index in [1.54, 1.807) is 0 Å². The van der Waals surface area contributed by atoms with Gasteiger partial charge >= 0.3 is 0 Å². The number of nitrogens with two attached hydrogens (primary N) is 1. The summed E-state index contributed by atoms with van der Waals surface area (Å²) in [4.78, 5) is 0. The minimum Gasteiger partial charge on any atom is -0.394 e. The number of rotatable bonds is 8. The molecule has 0 amide bonds. The van der Waals surface area contributed by atoms with E-state index in [4.69, 9.17) is 15.6 Å². The van der Waals surface area contributed by atoms with Gasteiger partial charge in [-0.2, -0.15) is 11.8 Å². The first-order valence-corrected chi connectivity index (χ1v) is 5.50. The summed E-state index contributed by atoms with van der Waals surface area (Å²) < 4.78 is 5.30. The van der Waals surface area contributed by atoms with Gasteiger partial charge < -0.3 is 15.6 Å². The third kappa shape index (κ3) is 6.91. The van der Waals surface area contributed by atoms with Crippen molar-refractivity contribution in [3.8, 4) is 0 Å². The molecule has 0 fully saturated rings. The van der Waals surface area contributed by atoms with E-state index in [0.717, 1.165) is 17.9 Å². The molecule has 0 aliphatic rings. The van der Waals surface area contributed by atoms with E-state index in [-0.39, 0.29) is 12.7 Å². The smallest absolute Gasteiger partial charge is 0.0706 e. The van der Waals surface area contributed by atoms with Gasteiger partial charge in [0.25, 0.3) is 0 Å². The second-order valence-corrected chi connectivity index (χ2v) is 3.83. The molecule has 3 N–H and O–H groups in total. The normalized spacial score (nSPS) is 13.2. The second kappa shape index (κ2) is 9.32. The predicted octanol–water partition coefficient (Wildman–Crippen LogP) is 0.466. The van der Waals surface area contributed by atoms with E-state index in [9.17, 15) is 0 Å². The van der Waals surface area contributed by atoms with Crippen molar-refractivity contribution in [3.05, 3.63) is 0 Å². The highest BCUT2D eigenvalue weighted by molar-refractivity contribution is 7.99. The fourth-order valence-corrected chi connectivity index (χ4v) is 1.57. The molecule has 1 unspecified atom stereocenters. The summed E-state index contributed by atoms with van der Waals surface area (Å²) >= 11 is 1.89. The van der Waals surface area contributed by atoms with Crippen molar-refractivity contribution in [3.63, 3.8) is 0 Å². The average molecular weight is 193 g/mol. The van der Waals surface area contributed by atoms with Gasteiger partial charge in [-0.25, -0.2) is 0 Å². The molecule has 0 aromatic heterocycles. The maximum Gasteiger partial charge on any atom is 0.0706 e. The Morgan fingerprint density at radius 3 is 2.83 bits per heavy atom. The molecule has 0 spiro atoms. The van der Waals surface area contributed by atoms with Crippen LogP contribution in [0.1, 0.15) is 13.3 Å². The topological polar surface area (TPSA) is 55.5 Å². The van der Waals surface area contributed by atoms with Gasteiger partial charge in [0.05, 0.1) is 19.3 Å². The molecule has 0 saturated heterocycles. The van der Waals surface area contributed by atoms with Crippen LogP contribution in [0.4, 0.5) is 0 Å². The van der Waals surface area contributed by atoms with Crippen molar-refractivity contribution in [1.82, 2.24) is 0 Å². The molecule has 0 aromatic carbocycles. The lowest BCUT2D eigenvalue weighted by Gasteiger charge is -2.14. The van der Waals surface area contributed by atoms with E-state index < -0.39 is 0 Å². The minimum absolute atomic E-state index is 0.0808. The summed E-state index contributed by atoms with van der Waals surface area (Å²) in [6.07, 6.45) is 1.10. The molecule has 3 nitrogen and oxygen atoms in total. The molecular formula is C8H19NO2S. The van der Waals surface area contributed by atoms with Crippen molar-refractivity contribution >= 4 is 11.8 Å². The van der Waals surface area contributed by atoms with Crippen molar-refractivity contribution in [1.29, 1.82) is 0 Å². The Bertz CT molecular complexity index is 93.1. The zero-order valence-electron chi connectivity index (χ0n) is 7.66. The van der Waals surface area contributed by atoms with Crippen LogP contribution in [-0.2, 0) is 4.74 Å². The summed E-state index contributed by atoms with van der Waals surface area (Å²) in [6.45, 7) is 3.16. The molecule has 0 heterocycles. The molecule has 0 aliphatic heterocycles. The lowest BCUT2D eigenvalue weighted by atomic mass is 10.3. The van der Waals surface area contributed by atoms with Crippen LogP contribution in [0.5, 0.6) is 0 Å². The monoisotopic (exact) mass is 193 g/mol. The van der Waals surface area contributed by atoms with Crippen molar-refractivity contribution in [2.75, 3.05) is 31.3 Å². The van der Waals surface area contributed by atoms with Gasteiger partial charge in [-0.3, -0.25) is 0 Å². The molecule has 1 atom stereocenters. The molecule has 4 heteroatoms. The second-order valence-electron chi connectivity index (χ2n) is 2.44. The van der Waals surface area contributed by atoms with Crippen LogP contribution in [0.25, 0.3) is 0 Å². The van der Waals surface area contributed by atoms with Crippen molar-refractivity contribution in [2.24, 2.45) is 5.73 Å². The molecule has 0 radical (unpaired) electrons. The Hall–Kier alpha value is 0.230. The molecule has 0 bridgehead atoms. The summed E-state index contributed by atoms with van der Waals surface area (Å²) in [5, 5.41) is 8.51. The highest BCUT2D eigenvalue weighted by Gasteiger charge is 2.05. The zero-order valence-corrected chi connectivity index (χ0v) is 8.48. The average Bonchev–Trinajstić information content (AvgIpc) is 2.11. The maximum atomic E-state index is 8.51. The summed E-state index contributed by atoms with van der Waals surface area (Å²) in [7, 11) is 0. The standard InChI is InChI=1S/C8H19NO2S/c1-2-12-6-3-8(7-9)11-5-4-10/h8,10H,2-7,9H2,1H3. The maximum absolute atomic E-state index is 8.51. The molecule has 0 aliphatic carbocycles. The van der Waals surface area contributed by atoms with Crippen LogP contribution in [0.3, 0.4) is 0 Å². The Morgan fingerprint density at radius 1 is 1.58 bits per heavy atom. The Kier molecular flexibility index (Phi) is 9.50. The van der Waals surface area contributed by atoms with Gasteiger partial charge in [0.1, 0.15) is 0 Å². The zero-order chi connectivity index (χ0) is 9.23. The van der Waals surface area contributed by atoms with Gasteiger partial charge in [0, 0.05) is 6.54 Å². The fraction of sp³-hybridized carbons (Fsp3) is 1.00. The summed E-state index contributed by atoms with van der Waals surface area (Å²) in [6, 6.07) is 0. The predicted molar refractivity (Wildman–Crippen MR) is 53.5 cm³/mol. The largest absolute Gasteiger partial charge is 0.394 e. The van der Waals surface area contributed by atoms with Crippen molar-refractivity contribution in [2.45, 2.75) is 19.4 Å². The van der Waals surface area contributed by atoms with Crippen LogP contribution in [0.15, 0.2) is 0 Å². The number of ether oxygens (including phenoxy) is 1. The molecule has 0 saturated carbocycles. The summed E-state index contributed by atoms with van der Waals surface area (Å²) in [5.74, 6) is 2.22. The van der Waals surface area contributed by atoms with Gasteiger partial charge in [0.15, 0.2) is 0 Å². The van der Waals surface area contributed by atoms with Crippen LogP contribution >= 0.6 is 11.8 Å². The summed E-state index contributed by atoms with van der Waals surface area (Å²) in [5.41, 5.74) is 5.48. The Morgan fingerprint density at radius 2 is 2.33 bits per heavy atom. The minimum atomic E-state index is 0.0808. The first kappa shape index (κ1) is 12.2. The van der Waals surface area contributed by atoms with E-state index in [1.807, 2.05) is 11.8 Å². The van der Waals surface area contributed by atoms with Gasteiger partial charge in [-0.15, -0.1) is 0 Å². The molecule has 12 heavy (non-hydrogen) atoms. The van der Waals surface area contributed by atoms with Crippen LogP contribution in [0, 0.1) is 0 Å². The SMILES string of the molecule is CCSCCC(CN)OCCO. The Balaban J connectivity index is 3.26. The number of aliphatic hydroxyl groups is 1. The Labute approximate surface area is 78.7 Å². The van der Waals surface area contributed by atoms with E-state index in [0.29, 0.717) is 13.2 Å². The quantitative estimate of drug-likeness (QED) is 0.550. The lowest BCUT2D eigenvalue weighted by Crippen LogP contribution is -2.25. The highest BCUT2D eigenvalue weighted by Crippen LogP contribution is 2.05. The third-order valence-corrected chi connectivity index (χ3v) is 2.43. The molecule has 0 rings (SSSR count). The van der Waals surface area contributed by atoms with Gasteiger partial charge in [0.2, 0.25) is 0 Å². The number of aliphatic hydroxyl groups excluding tert-OH is 1. The first-order valence-electron chi connectivity index (χ1n) is 4.35. The van der Waals surface area contributed by atoms with Gasteiger partial charge in [-0.05, 0) is 17.9 Å².